The summed E-state index contributed by atoms with van der Waals surface area (Å²) in [5.74, 6) is 1.38. The molecule has 0 bridgehead atoms. The largest absolute Gasteiger partial charge is 0.352 e. The Balaban J connectivity index is 1.71. The molecule has 2 fully saturated rings. The molecule has 4 heteroatoms. The molecule has 1 atom stereocenters. The van der Waals surface area contributed by atoms with E-state index in [2.05, 4.69) is 5.32 Å². The Morgan fingerprint density at radius 3 is 2.71 bits per heavy atom. The van der Waals surface area contributed by atoms with E-state index in [4.69, 9.17) is 5.73 Å². The van der Waals surface area contributed by atoms with E-state index >= 15 is 0 Å². The molecule has 1 aliphatic heterocycles. The summed E-state index contributed by atoms with van der Waals surface area (Å²) in [4.78, 5) is 11.7. The molecule has 1 heterocycles. The molecular formula is C10H18N2OS. The molecule has 1 saturated carbocycles. The van der Waals surface area contributed by atoms with Crippen molar-refractivity contribution in [2.24, 2.45) is 5.73 Å². The van der Waals surface area contributed by atoms with E-state index in [1.807, 2.05) is 0 Å². The van der Waals surface area contributed by atoms with Gasteiger partial charge in [0.2, 0.25) is 5.91 Å². The molecule has 1 amide bonds. The lowest BCUT2D eigenvalue weighted by atomic mass is 9.87. The normalized spacial score (nSPS) is 37.4. The Hall–Kier alpha value is -0.220. The topological polar surface area (TPSA) is 55.1 Å². The first-order chi connectivity index (χ1) is 6.75. The maximum absolute atomic E-state index is 11.7. The highest BCUT2D eigenvalue weighted by atomic mass is 32.2. The first kappa shape index (κ1) is 10.3. The van der Waals surface area contributed by atoms with Gasteiger partial charge in [0.1, 0.15) is 0 Å². The van der Waals surface area contributed by atoms with Gasteiger partial charge in [-0.2, -0.15) is 0 Å². The van der Waals surface area contributed by atoms with Gasteiger partial charge in [-0.3, -0.25) is 4.79 Å². The van der Waals surface area contributed by atoms with Crippen molar-refractivity contribution in [2.75, 3.05) is 5.75 Å². The van der Waals surface area contributed by atoms with E-state index in [0.29, 0.717) is 12.1 Å². The van der Waals surface area contributed by atoms with Crippen LogP contribution >= 0.6 is 11.8 Å². The zero-order valence-electron chi connectivity index (χ0n) is 8.37. The molecule has 2 rings (SSSR count). The van der Waals surface area contributed by atoms with Gasteiger partial charge >= 0.3 is 0 Å². The van der Waals surface area contributed by atoms with Gasteiger partial charge in [0, 0.05) is 12.1 Å². The van der Waals surface area contributed by atoms with Gasteiger partial charge < -0.3 is 11.1 Å². The van der Waals surface area contributed by atoms with Gasteiger partial charge in [-0.1, -0.05) is 6.42 Å². The molecule has 14 heavy (non-hydrogen) atoms. The fraction of sp³-hybridized carbons (Fsp3) is 0.900. The Kier molecular flexibility index (Phi) is 3.34. The summed E-state index contributed by atoms with van der Waals surface area (Å²) in [6.45, 7) is 0. The van der Waals surface area contributed by atoms with Gasteiger partial charge in [-0.15, -0.1) is 11.8 Å². The van der Waals surface area contributed by atoms with Crippen molar-refractivity contribution >= 4 is 17.7 Å². The minimum atomic E-state index is 0.209. The summed E-state index contributed by atoms with van der Waals surface area (Å²) in [5, 5.41) is 3.29. The van der Waals surface area contributed by atoms with Gasteiger partial charge in [0.15, 0.2) is 0 Å². The van der Waals surface area contributed by atoms with Crippen molar-refractivity contribution in [3.63, 3.8) is 0 Å². The third-order valence-corrected chi connectivity index (χ3v) is 4.37. The molecule has 0 aromatic carbocycles. The third kappa shape index (κ3) is 2.42. The second-order valence-electron chi connectivity index (χ2n) is 4.29. The number of thioether (sulfide) groups is 1. The fourth-order valence-corrected chi connectivity index (χ4v) is 3.23. The van der Waals surface area contributed by atoms with E-state index in [1.54, 1.807) is 11.8 Å². The number of rotatable bonds is 2. The third-order valence-electron chi connectivity index (χ3n) is 2.99. The molecule has 0 spiro atoms. The van der Waals surface area contributed by atoms with Crippen LogP contribution in [0.15, 0.2) is 0 Å². The number of carbonyl (C=O) groups is 1. The monoisotopic (exact) mass is 214 g/mol. The quantitative estimate of drug-likeness (QED) is 0.717. The fourth-order valence-electron chi connectivity index (χ4n) is 2.02. The standard InChI is InChI=1S/C10H18N2OS/c11-7-5-8(6-7)12-10(13)9-3-1-2-4-14-9/h7-9H,1-6,11H2,(H,12,13). The maximum Gasteiger partial charge on any atom is 0.233 e. The van der Waals surface area contributed by atoms with E-state index in [1.165, 1.54) is 12.8 Å². The van der Waals surface area contributed by atoms with Crippen LogP contribution in [0.1, 0.15) is 32.1 Å². The molecule has 80 valence electrons. The summed E-state index contributed by atoms with van der Waals surface area (Å²) in [6, 6.07) is 0.680. The number of hydrogen-bond acceptors (Lipinski definition) is 3. The van der Waals surface area contributed by atoms with Crippen LogP contribution in [0.4, 0.5) is 0 Å². The zero-order chi connectivity index (χ0) is 9.97. The van der Waals surface area contributed by atoms with Crippen molar-refractivity contribution < 1.29 is 4.79 Å². The number of hydrogen-bond donors (Lipinski definition) is 2. The Morgan fingerprint density at radius 2 is 2.14 bits per heavy atom. The average molecular weight is 214 g/mol. The minimum absolute atomic E-state index is 0.209. The molecule has 0 aromatic rings. The van der Waals surface area contributed by atoms with Crippen molar-refractivity contribution in [3.8, 4) is 0 Å². The second-order valence-corrected chi connectivity index (χ2v) is 5.60. The molecule has 2 aliphatic rings. The Bertz CT molecular complexity index is 210. The smallest absolute Gasteiger partial charge is 0.233 e. The van der Waals surface area contributed by atoms with Gasteiger partial charge in [0.05, 0.1) is 5.25 Å². The number of carbonyl (C=O) groups excluding carboxylic acids is 1. The second kappa shape index (κ2) is 4.53. The van der Waals surface area contributed by atoms with E-state index < -0.39 is 0 Å². The highest BCUT2D eigenvalue weighted by Crippen LogP contribution is 2.26. The average Bonchev–Trinajstić information content (AvgIpc) is 2.17. The first-order valence-corrected chi connectivity index (χ1v) is 6.48. The van der Waals surface area contributed by atoms with Gasteiger partial charge in [-0.05, 0) is 31.4 Å². The predicted molar refractivity (Wildman–Crippen MR) is 59.2 cm³/mol. The lowest BCUT2D eigenvalue weighted by molar-refractivity contribution is -0.122. The first-order valence-electron chi connectivity index (χ1n) is 5.43. The lowest BCUT2D eigenvalue weighted by Crippen LogP contribution is -2.52. The highest BCUT2D eigenvalue weighted by Gasteiger charge is 2.30. The van der Waals surface area contributed by atoms with E-state index in [9.17, 15) is 4.79 Å². The molecule has 0 radical (unpaired) electrons. The Morgan fingerprint density at radius 1 is 1.36 bits per heavy atom. The minimum Gasteiger partial charge on any atom is -0.352 e. The van der Waals surface area contributed by atoms with Crippen LogP contribution in [0.3, 0.4) is 0 Å². The molecule has 1 aliphatic carbocycles. The zero-order valence-corrected chi connectivity index (χ0v) is 9.19. The van der Waals surface area contributed by atoms with Crippen LogP contribution in [-0.2, 0) is 4.79 Å². The van der Waals surface area contributed by atoms with Crippen LogP contribution in [0.25, 0.3) is 0 Å². The summed E-state index contributed by atoms with van der Waals surface area (Å²) in [5.41, 5.74) is 5.67. The van der Waals surface area contributed by atoms with E-state index in [0.717, 1.165) is 25.0 Å². The molecule has 0 aromatic heterocycles. The molecule has 1 saturated heterocycles. The lowest BCUT2D eigenvalue weighted by Gasteiger charge is -2.34. The summed E-state index contributed by atoms with van der Waals surface area (Å²) in [6.07, 6.45) is 5.44. The van der Waals surface area contributed by atoms with Crippen LogP contribution in [0, 0.1) is 0 Å². The van der Waals surface area contributed by atoms with Gasteiger partial charge in [0.25, 0.3) is 0 Å². The summed E-state index contributed by atoms with van der Waals surface area (Å²) < 4.78 is 0. The van der Waals surface area contributed by atoms with Crippen LogP contribution in [0.5, 0.6) is 0 Å². The van der Waals surface area contributed by atoms with Gasteiger partial charge in [-0.25, -0.2) is 0 Å². The van der Waals surface area contributed by atoms with Crippen LogP contribution in [0.2, 0.25) is 0 Å². The molecule has 3 N–H and O–H groups in total. The number of nitrogens with one attached hydrogen (secondary N) is 1. The Labute approximate surface area is 89.2 Å². The van der Waals surface area contributed by atoms with Crippen molar-refractivity contribution in [3.05, 3.63) is 0 Å². The number of nitrogens with two attached hydrogens (primary N) is 1. The number of amides is 1. The maximum atomic E-state index is 11.7. The molecule has 1 unspecified atom stereocenters. The van der Waals surface area contributed by atoms with Crippen molar-refractivity contribution in [2.45, 2.75) is 49.4 Å². The molecular weight excluding hydrogens is 196 g/mol. The molecule has 3 nitrogen and oxygen atoms in total. The predicted octanol–water partition coefficient (Wildman–Crippen LogP) is 0.878. The SMILES string of the molecule is NC1CC(NC(=O)C2CCCCS2)C1. The highest BCUT2D eigenvalue weighted by molar-refractivity contribution is 8.00. The van der Waals surface area contributed by atoms with E-state index in [-0.39, 0.29) is 11.2 Å². The summed E-state index contributed by atoms with van der Waals surface area (Å²) >= 11 is 1.81. The van der Waals surface area contributed by atoms with Crippen molar-refractivity contribution in [1.82, 2.24) is 5.32 Å². The summed E-state index contributed by atoms with van der Waals surface area (Å²) in [7, 11) is 0. The van der Waals surface area contributed by atoms with Crippen LogP contribution in [-0.4, -0.2) is 29.0 Å². The van der Waals surface area contributed by atoms with Crippen LogP contribution < -0.4 is 11.1 Å². The van der Waals surface area contributed by atoms with Crippen molar-refractivity contribution in [1.29, 1.82) is 0 Å².